The van der Waals surface area contributed by atoms with Gasteiger partial charge in [-0.25, -0.2) is 4.98 Å². The highest BCUT2D eigenvalue weighted by Crippen LogP contribution is 2.24. The summed E-state index contributed by atoms with van der Waals surface area (Å²) in [5, 5.41) is 8.21. The number of morpholine rings is 1. The molecule has 0 aliphatic carbocycles. The molecule has 1 saturated heterocycles. The van der Waals surface area contributed by atoms with Crippen LogP contribution in [0.5, 0.6) is 0 Å². The zero-order valence-corrected chi connectivity index (χ0v) is 14.9. The van der Waals surface area contributed by atoms with Gasteiger partial charge in [0, 0.05) is 24.1 Å². The summed E-state index contributed by atoms with van der Waals surface area (Å²) >= 11 is 3.45. The number of hydrogen-bond acceptors (Lipinski definition) is 6. The molecule has 3 heterocycles. The number of nitrogens with zero attached hydrogens (tertiary/aromatic N) is 5. The Hall–Kier alpha value is -1.77. The molecule has 126 valence electrons. The molecule has 1 atom stereocenters. The second kappa shape index (κ2) is 6.62. The van der Waals surface area contributed by atoms with Crippen molar-refractivity contribution in [3.8, 4) is 0 Å². The highest BCUT2D eigenvalue weighted by molar-refractivity contribution is 9.10. The first kappa shape index (κ1) is 15.7. The number of aryl methyl sites for hydroxylation is 1. The van der Waals surface area contributed by atoms with Gasteiger partial charge in [-0.3, -0.25) is 4.90 Å². The van der Waals surface area contributed by atoms with Crippen LogP contribution < -0.4 is 0 Å². The van der Waals surface area contributed by atoms with Crippen LogP contribution >= 0.6 is 15.9 Å². The normalized spacial score (nSPS) is 19.2. The number of fused-ring (bicyclic) bond motifs is 1. The third kappa shape index (κ3) is 3.09. The van der Waals surface area contributed by atoms with Gasteiger partial charge in [0.15, 0.2) is 11.4 Å². The van der Waals surface area contributed by atoms with Gasteiger partial charge in [-0.15, -0.1) is 10.2 Å². The Balaban J connectivity index is 1.49. The molecule has 0 saturated carbocycles. The molecule has 1 aromatic carbocycles. The zero-order chi connectivity index (χ0) is 16.5. The third-order valence-electron chi connectivity index (χ3n) is 4.18. The molecule has 0 spiro atoms. The van der Waals surface area contributed by atoms with Crippen LogP contribution in [0.25, 0.3) is 11.1 Å². The van der Waals surface area contributed by atoms with Crippen molar-refractivity contribution in [2.45, 2.75) is 26.1 Å². The van der Waals surface area contributed by atoms with Crippen molar-refractivity contribution < 1.29 is 9.15 Å². The van der Waals surface area contributed by atoms with Crippen molar-refractivity contribution >= 4 is 27.0 Å². The van der Waals surface area contributed by atoms with Gasteiger partial charge in [0.1, 0.15) is 17.9 Å². The molecule has 4 rings (SSSR count). The van der Waals surface area contributed by atoms with E-state index in [9.17, 15) is 0 Å². The average Bonchev–Trinajstić information content (AvgIpc) is 3.20. The predicted molar refractivity (Wildman–Crippen MR) is 91.4 cm³/mol. The molecule has 1 aliphatic rings. The van der Waals surface area contributed by atoms with Crippen LogP contribution in [0.4, 0.5) is 0 Å². The van der Waals surface area contributed by atoms with Crippen LogP contribution in [0, 0.1) is 0 Å². The highest BCUT2D eigenvalue weighted by Gasteiger charge is 2.26. The summed E-state index contributed by atoms with van der Waals surface area (Å²) in [4.78, 5) is 6.85. The minimum absolute atomic E-state index is 0.0697. The topological polar surface area (TPSA) is 69.2 Å². The first-order valence-corrected chi connectivity index (χ1v) is 8.79. The molecule has 1 aliphatic heterocycles. The smallest absolute Gasteiger partial charge is 0.209 e. The quantitative estimate of drug-likeness (QED) is 0.680. The van der Waals surface area contributed by atoms with Crippen molar-refractivity contribution in [1.29, 1.82) is 0 Å². The van der Waals surface area contributed by atoms with Gasteiger partial charge < -0.3 is 13.7 Å². The Morgan fingerprint density at radius 2 is 2.29 bits per heavy atom. The lowest BCUT2D eigenvalue weighted by Crippen LogP contribution is -2.38. The number of rotatable bonds is 4. The molecule has 8 heteroatoms. The maximum absolute atomic E-state index is 5.89. The minimum atomic E-state index is -0.0697. The lowest BCUT2D eigenvalue weighted by Gasteiger charge is -2.31. The van der Waals surface area contributed by atoms with Gasteiger partial charge in [0.05, 0.1) is 13.2 Å². The third-order valence-corrected chi connectivity index (χ3v) is 4.67. The van der Waals surface area contributed by atoms with Crippen molar-refractivity contribution in [3.05, 3.63) is 40.7 Å². The van der Waals surface area contributed by atoms with E-state index in [-0.39, 0.29) is 6.10 Å². The number of oxazole rings is 1. The number of benzene rings is 1. The van der Waals surface area contributed by atoms with Crippen molar-refractivity contribution in [1.82, 2.24) is 24.6 Å². The molecule has 24 heavy (non-hydrogen) atoms. The van der Waals surface area contributed by atoms with E-state index < -0.39 is 0 Å². The first-order valence-electron chi connectivity index (χ1n) is 7.99. The van der Waals surface area contributed by atoms with E-state index in [0.29, 0.717) is 13.2 Å². The van der Waals surface area contributed by atoms with Crippen LogP contribution in [0.3, 0.4) is 0 Å². The maximum atomic E-state index is 5.89. The fourth-order valence-electron chi connectivity index (χ4n) is 2.96. The predicted octanol–water partition coefficient (Wildman–Crippen LogP) is 2.78. The van der Waals surface area contributed by atoms with Crippen molar-refractivity contribution in [2.75, 3.05) is 19.7 Å². The molecule has 0 N–H and O–H groups in total. The second-order valence-electron chi connectivity index (χ2n) is 5.79. The van der Waals surface area contributed by atoms with E-state index in [1.165, 1.54) is 0 Å². The minimum Gasteiger partial charge on any atom is -0.439 e. The Kier molecular flexibility index (Phi) is 4.34. The van der Waals surface area contributed by atoms with Gasteiger partial charge in [-0.1, -0.05) is 15.9 Å². The molecular weight excluding hydrogens is 374 g/mol. The van der Waals surface area contributed by atoms with Crippen molar-refractivity contribution in [3.63, 3.8) is 0 Å². The lowest BCUT2D eigenvalue weighted by atomic mass is 10.2. The van der Waals surface area contributed by atoms with Gasteiger partial charge in [0.2, 0.25) is 5.89 Å². The molecule has 0 radical (unpaired) electrons. The van der Waals surface area contributed by atoms with Crippen LogP contribution in [-0.4, -0.2) is 44.3 Å². The Labute approximate surface area is 147 Å². The summed E-state index contributed by atoms with van der Waals surface area (Å²) in [6.45, 7) is 5.83. The summed E-state index contributed by atoms with van der Waals surface area (Å²) in [6, 6.07) is 5.87. The summed E-state index contributed by atoms with van der Waals surface area (Å²) in [7, 11) is 0. The molecule has 7 nitrogen and oxygen atoms in total. The number of hydrogen-bond donors (Lipinski definition) is 0. The van der Waals surface area contributed by atoms with E-state index in [1.54, 1.807) is 6.33 Å². The average molecular weight is 392 g/mol. The van der Waals surface area contributed by atoms with E-state index in [2.05, 4.69) is 42.9 Å². The van der Waals surface area contributed by atoms with Gasteiger partial charge in [-0.05, 0) is 25.1 Å². The number of halogens is 1. The second-order valence-corrected chi connectivity index (χ2v) is 6.71. The SMILES string of the molecule is CCn1cnnc1[C@H]1CN(Cc2nc3ccc(Br)cc3o2)CCO1. The summed E-state index contributed by atoms with van der Waals surface area (Å²) < 4.78 is 14.8. The summed E-state index contributed by atoms with van der Waals surface area (Å²) in [5.74, 6) is 1.60. The monoisotopic (exact) mass is 391 g/mol. The standard InChI is InChI=1S/C16H18BrN5O2/c1-2-22-10-18-20-16(22)14-8-21(5-6-23-14)9-15-19-12-4-3-11(17)7-13(12)24-15/h3-4,7,10,14H,2,5-6,8-9H2,1H3/t14-/m1/s1. The number of ether oxygens (including phenoxy) is 1. The Morgan fingerprint density at radius 3 is 3.17 bits per heavy atom. The highest BCUT2D eigenvalue weighted by atomic mass is 79.9. The van der Waals surface area contributed by atoms with Gasteiger partial charge in [-0.2, -0.15) is 0 Å². The summed E-state index contributed by atoms with van der Waals surface area (Å²) in [5.41, 5.74) is 1.68. The zero-order valence-electron chi connectivity index (χ0n) is 13.4. The molecule has 2 aromatic heterocycles. The van der Waals surface area contributed by atoms with Crippen LogP contribution in [-0.2, 0) is 17.8 Å². The van der Waals surface area contributed by atoms with E-state index in [4.69, 9.17) is 9.15 Å². The molecular formula is C16H18BrN5O2. The molecule has 1 fully saturated rings. The molecule has 3 aromatic rings. The van der Waals surface area contributed by atoms with Crippen molar-refractivity contribution in [2.24, 2.45) is 0 Å². The molecule has 0 unspecified atom stereocenters. The molecule has 0 bridgehead atoms. The van der Waals surface area contributed by atoms with Crippen LogP contribution in [0.1, 0.15) is 24.7 Å². The van der Waals surface area contributed by atoms with Gasteiger partial charge >= 0.3 is 0 Å². The largest absolute Gasteiger partial charge is 0.439 e. The van der Waals surface area contributed by atoms with Crippen LogP contribution in [0.15, 0.2) is 33.4 Å². The van der Waals surface area contributed by atoms with E-state index in [1.807, 2.05) is 22.8 Å². The van der Waals surface area contributed by atoms with E-state index in [0.717, 1.165) is 46.9 Å². The lowest BCUT2D eigenvalue weighted by molar-refractivity contribution is -0.0408. The summed E-state index contributed by atoms with van der Waals surface area (Å²) in [6.07, 6.45) is 1.68. The molecule has 0 amide bonds. The fourth-order valence-corrected chi connectivity index (χ4v) is 3.30. The number of aromatic nitrogens is 4. The maximum Gasteiger partial charge on any atom is 0.209 e. The van der Waals surface area contributed by atoms with Crippen LogP contribution in [0.2, 0.25) is 0 Å². The van der Waals surface area contributed by atoms with E-state index >= 15 is 0 Å². The Bertz CT molecular complexity index is 846. The first-order chi connectivity index (χ1) is 11.7. The fraction of sp³-hybridized carbons (Fsp3) is 0.438. The van der Waals surface area contributed by atoms with Gasteiger partial charge in [0.25, 0.3) is 0 Å². The Morgan fingerprint density at radius 1 is 1.38 bits per heavy atom.